The van der Waals surface area contributed by atoms with Crippen molar-refractivity contribution in [2.24, 2.45) is 11.8 Å². The number of carbonyl (C=O) groups excluding carboxylic acids is 1. The van der Waals surface area contributed by atoms with Gasteiger partial charge in [0.2, 0.25) is 0 Å². The molecule has 0 bridgehead atoms. The van der Waals surface area contributed by atoms with Crippen LogP contribution in [0.4, 0.5) is 10.5 Å². The van der Waals surface area contributed by atoms with Crippen molar-refractivity contribution >= 4 is 33.3 Å². The van der Waals surface area contributed by atoms with Crippen LogP contribution in [0.3, 0.4) is 0 Å². The average Bonchev–Trinajstić information content (AvgIpc) is 3.20. The molecule has 132 valence electrons. The Labute approximate surface area is 151 Å². The summed E-state index contributed by atoms with van der Waals surface area (Å²) in [4.78, 5) is 17.1. The molecule has 2 aromatic rings. The third-order valence-electron chi connectivity index (χ3n) is 5.88. The maximum absolute atomic E-state index is 12.4. The molecular weight excluding hydrogens is 332 g/mol. The Hall–Kier alpha value is -1.66. The van der Waals surface area contributed by atoms with Gasteiger partial charge in [0.05, 0.1) is 15.2 Å². The highest BCUT2D eigenvalue weighted by atomic mass is 32.1. The monoisotopic (exact) mass is 356 g/mol. The number of benzene rings is 1. The predicted octanol–water partition coefficient (Wildman–Crippen LogP) is 3.68. The van der Waals surface area contributed by atoms with Gasteiger partial charge < -0.3 is 16.0 Å². The van der Waals surface area contributed by atoms with Gasteiger partial charge in [-0.15, -0.1) is 11.3 Å². The largest absolute Gasteiger partial charge is 0.335 e. The summed E-state index contributed by atoms with van der Waals surface area (Å²) in [7, 11) is 0. The van der Waals surface area contributed by atoms with Crippen molar-refractivity contribution < 1.29 is 4.79 Å². The van der Waals surface area contributed by atoms with Crippen LogP contribution in [-0.4, -0.2) is 30.1 Å². The van der Waals surface area contributed by atoms with Crippen molar-refractivity contribution in [1.82, 2.24) is 15.6 Å². The third-order valence-corrected chi connectivity index (χ3v) is 7.06. The van der Waals surface area contributed by atoms with Gasteiger partial charge in [-0.05, 0) is 75.2 Å². The molecule has 5 rings (SSSR count). The molecule has 3 atom stereocenters. The van der Waals surface area contributed by atoms with Crippen molar-refractivity contribution in [1.29, 1.82) is 0 Å². The van der Waals surface area contributed by atoms with Gasteiger partial charge in [0.1, 0.15) is 0 Å². The van der Waals surface area contributed by atoms with Gasteiger partial charge in [-0.3, -0.25) is 0 Å². The maximum Gasteiger partial charge on any atom is 0.319 e. The van der Waals surface area contributed by atoms with Crippen LogP contribution < -0.4 is 16.0 Å². The van der Waals surface area contributed by atoms with Crippen LogP contribution in [0, 0.1) is 11.8 Å². The number of hydrogen-bond acceptors (Lipinski definition) is 4. The number of rotatable bonds is 3. The first-order chi connectivity index (χ1) is 12.2. The first kappa shape index (κ1) is 15.6. The quantitative estimate of drug-likeness (QED) is 0.786. The van der Waals surface area contributed by atoms with Crippen molar-refractivity contribution in [3.63, 3.8) is 0 Å². The van der Waals surface area contributed by atoms with Crippen LogP contribution in [0.2, 0.25) is 0 Å². The van der Waals surface area contributed by atoms with E-state index in [9.17, 15) is 4.79 Å². The molecule has 6 heteroatoms. The van der Waals surface area contributed by atoms with Crippen LogP contribution in [0.15, 0.2) is 18.2 Å². The summed E-state index contributed by atoms with van der Waals surface area (Å²) in [5.41, 5.74) is 1.90. The molecule has 0 spiro atoms. The molecule has 1 aromatic heterocycles. The Morgan fingerprint density at radius 1 is 1.16 bits per heavy atom. The highest BCUT2D eigenvalue weighted by Gasteiger charge is 2.34. The lowest BCUT2D eigenvalue weighted by atomic mass is 9.79. The maximum atomic E-state index is 12.4. The number of nitrogens with zero attached hydrogens (tertiary/aromatic N) is 1. The first-order valence-corrected chi connectivity index (χ1v) is 10.2. The van der Waals surface area contributed by atoms with E-state index in [1.807, 2.05) is 12.1 Å². The van der Waals surface area contributed by atoms with Crippen molar-refractivity contribution in [3.05, 3.63) is 23.2 Å². The molecular formula is C19H24N4OS. The molecule has 1 aromatic carbocycles. The Morgan fingerprint density at radius 3 is 2.92 bits per heavy atom. The molecule has 2 amide bonds. The predicted molar refractivity (Wildman–Crippen MR) is 101 cm³/mol. The summed E-state index contributed by atoms with van der Waals surface area (Å²) >= 11 is 1.77. The minimum Gasteiger partial charge on any atom is -0.335 e. The fourth-order valence-electron chi connectivity index (χ4n) is 4.31. The molecule has 25 heavy (non-hydrogen) atoms. The smallest absolute Gasteiger partial charge is 0.319 e. The molecule has 3 fully saturated rings. The molecule has 2 saturated carbocycles. The number of urea groups is 1. The Balaban J connectivity index is 1.22. The second kappa shape index (κ2) is 6.25. The number of hydrogen-bond donors (Lipinski definition) is 3. The summed E-state index contributed by atoms with van der Waals surface area (Å²) in [6.07, 6.45) is 5.95. The van der Waals surface area contributed by atoms with E-state index in [-0.39, 0.29) is 6.03 Å². The van der Waals surface area contributed by atoms with E-state index in [0.29, 0.717) is 12.0 Å². The molecule has 2 aliphatic carbocycles. The van der Waals surface area contributed by atoms with Crippen LogP contribution in [0.25, 0.3) is 10.2 Å². The van der Waals surface area contributed by atoms with E-state index in [0.717, 1.165) is 53.7 Å². The van der Waals surface area contributed by atoms with Gasteiger partial charge in [-0.25, -0.2) is 9.78 Å². The third kappa shape index (κ3) is 3.25. The summed E-state index contributed by atoms with van der Waals surface area (Å²) in [5, 5.41) is 10.9. The Bertz CT molecular complexity index is 800. The Kier molecular flexibility index (Phi) is 3.90. The SMILES string of the molecule is O=C(Nc1ccc2nc(C3CC3)sc2c1)NC1CCC2CNCC2C1. The topological polar surface area (TPSA) is 66.0 Å². The molecule has 3 N–H and O–H groups in total. The zero-order valence-electron chi connectivity index (χ0n) is 14.3. The van der Waals surface area contributed by atoms with Gasteiger partial charge in [-0.2, -0.15) is 0 Å². The summed E-state index contributed by atoms with van der Waals surface area (Å²) in [6, 6.07) is 6.24. The summed E-state index contributed by atoms with van der Waals surface area (Å²) in [5.74, 6) is 2.22. The van der Waals surface area contributed by atoms with Crippen LogP contribution in [-0.2, 0) is 0 Å². The van der Waals surface area contributed by atoms with E-state index in [2.05, 4.69) is 22.0 Å². The van der Waals surface area contributed by atoms with Gasteiger partial charge in [-0.1, -0.05) is 0 Å². The second-order valence-corrected chi connectivity index (χ2v) is 8.86. The van der Waals surface area contributed by atoms with Crippen LogP contribution in [0.1, 0.15) is 43.0 Å². The number of fused-ring (bicyclic) bond motifs is 2. The lowest BCUT2D eigenvalue weighted by molar-refractivity contribution is 0.224. The second-order valence-electron chi connectivity index (χ2n) is 7.80. The van der Waals surface area contributed by atoms with E-state index >= 15 is 0 Å². The highest BCUT2D eigenvalue weighted by molar-refractivity contribution is 7.18. The number of anilines is 1. The van der Waals surface area contributed by atoms with Crippen molar-refractivity contribution in [2.75, 3.05) is 18.4 Å². The first-order valence-electron chi connectivity index (χ1n) is 9.43. The van der Waals surface area contributed by atoms with Gasteiger partial charge in [0.15, 0.2) is 0 Å². The number of aromatic nitrogens is 1. The molecule has 2 heterocycles. The highest BCUT2D eigenvalue weighted by Crippen LogP contribution is 2.43. The molecule has 1 saturated heterocycles. The number of thiazole rings is 1. The zero-order chi connectivity index (χ0) is 16.8. The van der Waals surface area contributed by atoms with Crippen molar-refractivity contribution in [3.8, 4) is 0 Å². The van der Waals surface area contributed by atoms with E-state index in [1.165, 1.54) is 24.3 Å². The fraction of sp³-hybridized carbons (Fsp3) is 0.579. The van der Waals surface area contributed by atoms with E-state index in [1.54, 1.807) is 11.3 Å². The lowest BCUT2D eigenvalue weighted by Crippen LogP contribution is -2.42. The summed E-state index contributed by atoms with van der Waals surface area (Å²) < 4.78 is 1.16. The zero-order valence-corrected chi connectivity index (χ0v) is 15.1. The number of carbonyl (C=O) groups is 1. The van der Waals surface area contributed by atoms with Gasteiger partial charge in [0.25, 0.3) is 0 Å². The molecule has 3 unspecified atom stereocenters. The van der Waals surface area contributed by atoms with Gasteiger partial charge in [0, 0.05) is 17.6 Å². The number of nitrogens with one attached hydrogen (secondary N) is 3. The van der Waals surface area contributed by atoms with Crippen LogP contribution in [0.5, 0.6) is 0 Å². The molecule has 5 nitrogen and oxygen atoms in total. The van der Waals surface area contributed by atoms with E-state index < -0.39 is 0 Å². The Morgan fingerprint density at radius 2 is 2.04 bits per heavy atom. The molecule has 0 radical (unpaired) electrons. The minimum atomic E-state index is -0.0827. The van der Waals surface area contributed by atoms with E-state index in [4.69, 9.17) is 4.98 Å². The fourth-order valence-corrected chi connectivity index (χ4v) is 5.48. The standard InChI is InChI=1S/C19H24N4OS/c24-19(21-14-4-3-12-9-20-10-13(12)7-14)22-15-5-6-16-17(8-15)25-18(23-16)11-1-2-11/h5-6,8,11-14,20H,1-4,7,9-10H2,(H2,21,22,24). The molecule has 1 aliphatic heterocycles. The van der Waals surface area contributed by atoms with Crippen LogP contribution >= 0.6 is 11.3 Å². The number of amides is 2. The van der Waals surface area contributed by atoms with Gasteiger partial charge >= 0.3 is 6.03 Å². The van der Waals surface area contributed by atoms with Crippen molar-refractivity contribution in [2.45, 2.75) is 44.1 Å². The minimum absolute atomic E-state index is 0.0827. The normalized spacial score (nSPS) is 28.7. The average molecular weight is 356 g/mol. The summed E-state index contributed by atoms with van der Waals surface area (Å²) in [6.45, 7) is 2.26. The molecule has 3 aliphatic rings. The lowest BCUT2D eigenvalue weighted by Gasteiger charge is -2.31.